The summed E-state index contributed by atoms with van der Waals surface area (Å²) in [6, 6.07) is 0. The fraction of sp³-hybridized carbons (Fsp3) is 0.615. The van der Waals surface area contributed by atoms with Gasteiger partial charge < -0.3 is 5.73 Å². The minimum absolute atomic E-state index is 0.773. The van der Waals surface area contributed by atoms with E-state index >= 15 is 0 Å². The minimum Gasteiger partial charge on any atom is -0.330 e. The summed E-state index contributed by atoms with van der Waals surface area (Å²) < 4.78 is 0. The van der Waals surface area contributed by atoms with Gasteiger partial charge in [-0.15, -0.1) is 0 Å². The van der Waals surface area contributed by atoms with E-state index in [9.17, 15) is 0 Å². The van der Waals surface area contributed by atoms with Crippen molar-refractivity contribution < 1.29 is 0 Å². The van der Waals surface area contributed by atoms with Crippen LogP contribution in [-0.2, 0) is 0 Å². The molecule has 1 nitrogen and oxygen atoms in total. The van der Waals surface area contributed by atoms with Gasteiger partial charge in [-0.05, 0) is 192 Å². The molecule has 0 aromatic rings. The molecule has 0 atom stereocenters. The van der Waals surface area contributed by atoms with E-state index in [1.807, 2.05) is 11.8 Å². The van der Waals surface area contributed by atoms with E-state index in [1.54, 1.807) is 0 Å². The maximum atomic E-state index is 5.57. The SMILES string of the molecule is CC(C)=CCC/C(C)=C/CC/C(C)=C/CC/C(C)=C/CC/C(C)=C/CC/C(C)=C/CC/C(C)=C/CC/C(C)=C/CC/C(C)=C/CC/C(C)=C/CSCCN. The van der Waals surface area contributed by atoms with Crippen LogP contribution in [0.2, 0.25) is 0 Å². The van der Waals surface area contributed by atoms with Gasteiger partial charge in [-0.1, -0.05) is 116 Å². The second kappa shape index (κ2) is 35.1. The first-order valence-electron chi connectivity index (χ1n) is 21.6. The Labute approximate surface area is 342 Å². The molecule has 0 amide bonds. The minimum atomic E-state index is 0.773. The van der Waals surface area contributed by atoms with Crippen molar-refractivity contribution in [1.82, 2.24) is 0 Å². The maximum absolute atomic E-state index is 5.57. The zero-order chi connectivity index (χ0) is 40.4. The molecule has 0 radical (unpaired) electrons. The fourth-order valence-electron chi connectivity index (χ4n) is 6.24. The van der Waals surface area contributed by atoms with Crippen LogP contribution in [0.1, 0.15) is 192 Å². The van der Waals surface area contributed by atoms with E-state index in [0.29, 0.717) is 0 Å². The molecule has 54 heavy (non-hydrogen) atoms. The predicted octanol–water partition coefficient (Wildman–Crippen LogP) is 17.2. The van der Waals surface area contributed by atoms with Gasteiger partial charge >= 0.3 is 0 Å². The lowest BCUT2D eigenvalue weighted by Gasteiger charge is -2.04. The molecular formula is C52H87NS. The summed E-state index contributed by atoms with van der Waals surface area (Å²) >= 11 is 1.92. The van der Waals surface area contributed by atoms with Crippen LogP contribution < -0.4 is 5.73 Å². The van der Waals surface area contributed by atoms with Crippen molar-refractivity contribution in [1.29, 1.82) is 0 Å². The van der Waals surface area contributed by atoms with Gasteiger partial charge in [0.25, 0.3) is 0 Å². The molecule has 0 saturated heterocycles. The number of hydrogen-bond donors (Lipinski definition) is 1. The quantitative estimate of drug-likeness (QED) is 0.0563. The summed E-state index contributed by atoms with van der Waals surface area (Å²) in [6.07, 6.45) is 45.4. The van der Waals surface area contributed by atoms with Crippen LogP contribution in [0.4, 0.5) is 0 Å². The van der Waals surface area contributed by atoms with E-state index in [1.165, 1.54) is 126 Å². The van der Waals surface area contributed by atoms with Crippen LogP contribution in [0.25, 0.3) is 0 Å². The summed E-state index contributed by atoms with van der Waals surface area (Å²) in [6.45, 7) is 25.8. The number of allylic oxidation sites excluding steroid dienone is 19. The molecule has 0 unspecified atom stereocenters. The van der Waals surface area contributed by atoms with Crippen LogP contribution in [0.5, 0.6) is 0 Å². The van der Waals surface area contributed by atoms with Crippen molar-refractivity contribution in [3.8, 4) is 0 Å². The van der Waals surface area contributed by atoms with Crippen LogP contribution in [-0.4, -0.2) is 18.1 Å². The summed E-state index contributed by atoms with van der Waals surface area (Å²) in [4.78, 5) is 0. The summed E-state index contributed by atoms with van der Waals surface area (Å²) in [7, 11) is 0. The van der Waals surface area contributed by atoms with Crippen LogP contribution in [0, 0.1) is 0 Å². The van der Waals surface area contributed by atoms with Crippen molar-refractivity contribution in [2.24, 2.45) is 5.73 Å². The van der Waals surface area contributed by atoms with Gasteiger partial charge in [0.15, 0.2) is 0 Å². The molecule has 306 valence electrons. The Kier molecular flexibility index (Phi) is 33.7. The van der Waals surface area contributed by atoms with Gasteiger partial charge in [0.1, 0.15) is 0 Å². The molecule has 0 aromatic carbocycles. The Morgan fingerprint density at radius 3 is 0.722 bits per heavy atom. The highest BCUT2D eigenvalue weighted by atomic mass is 32.2. The van der Waals surface area contributed by atoms with Crippen molar-refractivity contribution in [2.45, 2.75) is 192 Å². The Morgan fingerprint density at radius 1 is 0.315 bits per heavy atom. The molecule has 0 saturated carbocycles. The van der Waals surface area contributed by atoms with Crippen LogP contribution in [0.15, 0.2) is 116 Å². The smallest absolute Gasteiger partial charge is 0.0116 e. The topological polar surface area (TPSA) is 26.0 Å². The molecule has 0 bridgehead atoms. The van der Waals surface area contributed by atoms with Crippen molar-refractivity contribution in [3.63, 3.8) is 0 Å². The molecule has 0 aromatic heterocycles. The first-order chi connectivity index (χ1) is 25.8. The molecule has 0 aliphatic rings. The van der Waals surface area contributed by atoms with Gasteiger partial charge in [-0.2, -0.15) is 11.8 Å². The van der Waals surface area contributed by atoms with Crippen LogP contribution in [0.3, 0.4) is 0 Å². The predicted molar refractivity (Wildman–Crippen MR) is 253 cm³/mol. The Hall–Kier alpha value is -2.29. The zero-order valence-corrected chi connectivity index (χ0v) is 38.4. The zero-order valence-electron chi connectivity index (χ0n) is 37.6. The second-order valence-corrected chi connectivity index (χ2v) is 17.6. The van der Waals surface area contributed by atoms with Crippen molar-refractivity contribution in [3.05, 3.63) is 116 Å². The lowest BCUT2D eigenvalue weighted by atomic mass is 10.0. The molecule has 0 spiro atoms. The van der Waals surface area contributed by atoms with Crippen molar-refractivity contribution >= 4 is 11.8 Å². The number of thioether (sulfide) groups is 1. The largest absolute Gasteiger partial charge is 0.330 e. The monoisotopic (exact) mass is 758 g/mol. The van der Waals surface area contributed by atoms with Crippen LogP contribution >= 0.6 is 11.8 Å². The van der Waals surface area contributed by atoms with E-state index in [0.717, 1.165) is 63.0 Å². The Bertz CT molecular complexity index is 1310. The lowest BCUT2D eigenvalue weighted by Crippen LogP contribution is -2.01. The third kappa shape index (κ3) is 35.4. The highest BCUT2D eigenvalue weighted by Gasteiger charge is 1.98. The number of hydrogen-bond acceptors (Lipinski definition) is 2. The number of rotatable bonds is 31. The average Bonchev–Trinajstić information content (AvgIpc) is 3.10. The van der Waals surface area contributed by atoms with E-state index in [-0.39, 0.29) is 0 Å². The van der Waals surface area contributed by atoms with Gasteiger partial charge in [0.2, 0.25) is 0 Å². The van der Waals surface area contributed by atoms with E-state index in [4.69, 9.17) is 5.73 Å². The van der Waals surface area contributed by atoms with Gasteiger partial charge in [0.05, 0.1) is 0 Å². The molecule has 0 aliphatic heterocycles. The first kappa shape index (κ1) is 51.7. The molecule has 0 aliphatic carbocycles. The first-order valence-corrected chi connectivity index (χ1v) is 22.8. The standard InChI is InChI=1S/C52H87NS/c1-43(2)21-12-22-44(3)23-13-24-45(4)25-14-26-46(5)27-15-28-47(6)29-16-30-48(7)31-17-32-49(8)33-18-34-50(9)35-19-36-51(10)37-20-38-52(11)39-41-54-42-40-53/h21,23,25,27,29,31,33,35,37,39H,12-20,22,24,26,28,30,32,34,36,38,40-42,53H2,1-11H3/b44-23+,45-25+,46-27+,47-29+,48-31+,49-33+,50-35+,51-37+,52-39+. The van der Waals surface area contributed by atoms with Crippen molar-refractivity contribution in [2.75, 3.05) is 18.1 Å². The maximum Gasteiger partial charge on any atom is 0.0116 e. The average molecular weight is 758 g/mol. The molecule has 2 heteroatoms. The van der Waals surface area contributed by atoms with Gasteiger partial charge in [0, 0.05) is 18.1 Å². The molecule has 0 rings (SSSR count). The molecule has 0 fully saturated rings. The Morgan fingerprint density at radius 2 is 0.519 bits per heavy atom. The second-order valence-electron chi connectivity index (χ2n) is 16.4. The Balaban J connectivity index is 4.23. The summed E-state index contributed by atoms with van der Waals surface area (Å²) in [5.41, 5.74) is 20.7. The fourth-order valence-corrected chi connectivity index (χ4v) is 6.98. The third-order valence-electron chi connectivity index (χ3n) is 10.2. The van der Waals surface area contributed by atoms with E-state index < -0.39 is 0 Å². The number of nitrogens with two attached hydrogens (primary N) is 1. The summed E-state index contributed by atoms with van der Waals surface area (Å²) in [5, 5.41) is 0. The highest BCUT2D eigenvalue weighted by Crippen LogP contribution is 2.18. The normalized spacial score (nSPS) is 14.7. The highest BCUT2D eigenvalue weighted by molar-refractivity contribution is 7.99. The third-order valence-corrected chi connectivity index (χ3v) is 11.1. The van der Waals surface area contributed by atoms with Gasteiger partial charge in [-0.3, -0.25) is 0 Å². The lowest BCUT2D eigenvalue weighted by molar-refractivity contribution is 0.879. The molecule has 0 heterocycles. The van der Waals surface area contributed by atoms with E-state index in [2.05, 4.69) is 137 Å². The van der Waals surface area contributed by atoms with Gasteiger partial charge in [-0.25, -0.2) is 0 Å². The molecule has 2 N–H and O–H groups in total. The molecular weight excluding hydrogens is 671 g/mol. The summed E-state index contributed by atoms with van der Waals surface area (Å²) in [5.74, 6) is 2.14.